The van der Waals surface area contributed by atoms with E-state index in [1.54, 1.807) is 0 Å². The van der Waals surface area contributed by atoms with Gasteiger partial charge >= 0.3 is 0 Å². The Labute approximate surface area is 137 Å². The van der Waals surface area contributed by atoms with Crippen molar-refractivity contribution in [2.45, 2.75) is 26.3 Å². The molecule has 0 bridgehead atoms. The highest BCUT2D eigenvalue weighted by molar-refractivity contribution is 5.94. The van der Waals surface area contributed by atoms with Gasteiger partial charge < -0.3 is 15.0 Å². The van der Waals surface area contributed by atoms with Crippen LogP contribution in [0.25, 0.3) is 0 Å². The largest absolute Gasteiger partial charge is 0.494 e. The molecule has 1 atom stereocenters. The zero-order chi connectivity index (χ0) is 16.2. The molecule has 120 valence electrons. The summed E-state index contributed by atoms with van der Waals surface area (Å²) in [4.78, 5) is 14.5. The Morgan fingerprint density at radius 1 is 1.22 bits per heavy atom. The van der Waals surface area contributed by atoms with E-state index in [-0.39, 0.29) is 5.91 Å². The summed E-state index contributed by atoms with van der Waals surface area (Å²) in [6, 6.07) is 16.1. The standard InChI is InChI=1S/C19H22N2O2/c1-3-23-17-10-8-16(9-11-17)20-19(22)13-21-14(2)12-15-6-4-5-7-18(15)21/h4-11,14H,3,12-13H2,1-2H3,(H,20,22)/t14-/m1/s1. The highest BCUT2D eigenvalue weighted by Crippen LogP contribution is 2.31. The molecule has 23 heavy (non-hydrogen) atoms. The van der Waals surface area contributed by atoms with Gasteiger partial charge in [-0.2, -0.15) is 0 Å². The fraction of sp³-hybridized carbons (Fsp3) is 0.316. The van der Waals surface area contributed by atoms with Gasteiger partial charge in [-0.05, 0) is 56.2 Å². The van der Waals surface area contributed by atoms with E-state index < -0.39 is 0 Å². The third-order valence-corrected chi connectivity index (χ3v) is 4.11. The van der Waals surface area contributed by atoms with E-state index in [2.05, 4.69) is 35.3 Å². The fourth-order valence-corrected chi connectivity index (χ4v) is 3.03. The zero-order valence-electron chi connectivity index (χ0n) is 13.6. The molecule has 0 unspecified atom stereocenters. The average molecular weight is 310 g/mol. The molecule has 2 aromatic rings. The van der Waals surface area contributed by atoms with E-state index in [1.807, 2.05) is 37.3 Å². The van der Waals surface area contributed by atoms with Gasteiger partial charge in [0, 0.05) is 17.4 Å². The minimum atomic E-state index is -0.00212. The number of carbonyl (C=O) groups excluding carboxylic acids is 1. The number of benzene rings is 2. The van der Waals surface area contributed by atoms with E-state index in [4.69, 9.17) is 4.74 Å². The molecule has 2 aromatic carbocycles. The molecule has 1 N–H and O–H groups in total. The smallest absolute Gasteiger partial charge is 0.243 e. The Morgan fingerprint density at radius 3 is 2.70 bits per heavy atom. The van der Waals surface area contributed by atoms with Crippen LogP contribution < -0.4 is 15.0 Å². The first-order valence-corrected chi connectivity index (χ1v) is 8.04. The van der Waals surface area contributed by atoms with Crippen LogP contribution in [0.3, 0.4) is 0 Å². The lowest BCUT2D eigenvalue weighted by atomic mass is 10.1. The quantitative estimate of drug-likeness (QED) is 0.919. The first-order valence-electron chi connectivity index (χ1n) is 8.04. The summed E-state index contributed by atoms with van der Waals surface area (Å²) >= 11 is 0. The highest BCUT2D eigenvalue weighted by atomic mass is 16.5. The number of anilines is 2. The average Bonchev–Trinajstić information content (AvgIpc) is 2.85. The number of amides is 1. The minimum absolute atomic E-state index is 0.00212. The van der Waals surface area contributed by atoms with Gasteiger partial charge in [-0.25, -0.2) is 0 Å². The molecule has 0 saturated carbocycles. The lowest BCUT2D eigenvalue weighted by molar-refractivity contribution is -0.115. The second kappa shape index (κ2) is 6.73. The number of fused-ring (bicyclic) bond motifs is 1. The van der Waals surface area contributed by atoms with E-state index in [0.29, 0.717) is 19.2 Å². The first kappa shape index (κ1) is 15.4. The van der Waals surface area contributed by atoms with Crippen LogP contribution in [0.4, 0.5) is 11.4 Å². The first-order chi connectivity index (χ1) is 11.2. The summed E-state index contributed by atoms with van der Waals surface area (Å²) in [5, 5.41) is 2.95. The van der Waals surface area contributed by atoms with Crippen molar-refractivity contribution >= 4 is 17.3 Å². The van der Waals surface area contributed by atoms with Gasteiger partial charge in [0.2, 0.25) is 5.91 Å². The number of rotatable bonds is 5. The van der Waals surface area contributed by atoms with Crippen LogP contribution in [0.5, 0.6) is 5.75 Å². The van der Waals surface area contributed by atoms with Crippen molar-refractivity contribution < 1.29 is 9.53 Å². The van der Waals surface area contributed by atoms with Gasteiger partial charge in [0.15, 0.2) is 0 Å². The molecule has 3 rings (SSSR count). The summed E-state index contributed by atoms with van der Waals surface area (Å²) in [5.74, 6) is 0.810. The molecule has 1 aliphatic rings. The lowest BCUT2D eigenvalue weighted by Crippen LogP contribution is -2.37. The fourth-order valence-electron chi connectivity index (χ4n) is 3.03. The van der Waals surface area contributed by atoms with Crippen molar-refractivity contribution in [2.75, 3.05) is 23.4 Å². The topological polar surface area (TPSA) is 41.6 Å². The lowest BCUT2D eigenvalue weighted by Gasteiger charge is -2.24. The van der Waals surface area contributed by atoms with E-state index in [1.165, 1.54) is 11.3 Å². The van der Waals surface area contributed by atoms with Crippen molar-refractivity contribution in [3.8, 4) is 5.75 Å². The molecule has 1 amide bonds. The molecule has 1 heterocycles. The van der Waals surface area contributed by atoms with Gasteiger partial charge in [0.05, 0.1) is 13.2 Å². The molecular weight excluding hydrogens is 288 g/mol. The Balaban J connectivity index is 1.63. The molecule has 0 radical (unpaired) electrons. The predicted molar refractivity (Wildman–Crippen MR) is 93.2 cm³/mol. The van der Waals surface area contributed by atoms with Crippen molar-refractivity contribution in [1.29, 1.82) is 0 Å². The normalized spacial score (nSPS) is 16.1. The molecule has 0 aromatic heterocycles. The van der Waals surface area contributed by atoms with Gasteiger partial charge in [-0.1, -0.05) is 18.2 Å². The van der Waals surface area contributed by atoms with Crippen LogP contribution in [0.1, 0.15) is 19.4 Å². The number of nitrogens with one attached hydrogen (secondary N) is 1. The molecule has 4 nitrogen and oxygen atoms in total. The van der Waals surface area contributed by atoms with Gasteiger partial charge in [0.25, 0.3) is 0 Å². The second-order valence-corrected chi connectivity index (χ2v) is 5.82. The van der Waals surface area contributed by atoms with Crippen LogP contribution in [0.2, 0.25) is 0 Å². The summed E-state index contributed by atoms with van der Waals surface area (Å²) in [7, 11) is 0. The van der Waals surface area contributed by atoms with Crippen molar-refractivity contribution in [1.82, 2.24) is 0 Å². The van der Waals surface area contributed by atoms with Crippen molar-refractivity contribution in [3.05, 3.63) is 54.1 Å². The molecule has 0 aliphatic carbocycles. The maximum Gasteiger partial charge on any atom is 0.243 e. The van der Waals surface area contributed by atoms with Crippen molar-refractivity contribution in [2.24, 2.45) is 0 Å². The predicted octanol–water partition coefficient (Wildman–Crippen LogP) is 3.48. The molecule has 0 saturated heterocycles. The number of hydrogen-bond acceptors (Lipinski definition) is 3. The van der Waals surface area contributed by atoms with Crippen LogP contribution in [-0.2, 0) is 11.2 Å². The SMILES string of the molecule is CCOc1ccc(NC(=O)CN2c3ccccc3C[C@H]2C)cc1. The number of ether oxygens (including phenoxy) is 1. The number of hydrogen-bond donors (Lipinski definition) is 1. The third-order valence-electron chi connectivity index (χ3n) is 4.11. The van der Waals surface area contributed by atoms with Crippen molar-refractivity contribution in [3.63, 3.8) is 0 Å². The number of carbonyl (C=O) groups is 1. The maximum absolute atomic E-state index is 12.4. The summed E-state index contributed by atoms with van der Waals surface area (Å²) in [6.07, 6.45) is 0.993. The molecule has 0 fully saturated rings. The van der Waals surface area contributed by atoms with Crippen LogP contribution in [-0.4, -0.2) is 25.1 Å². The number of para-hydroxylation sites is 1. The summed E-state index contributed by atoms with van der Waals surface area (Å²) in [5.41, 5.74) is 3.27. The molecular formula is C19H22N2O2. The Kier molecular flexibility index (Phi) is 4.51. The van der Waals surface area contributed by atoms with Crippen LogP contribution >= 0.6 is 0 Å². The summed E-state index contributed by atoms with van der Waals surface area (Å²) in [6.45, 7) is 5.11. The maximum atomic E-state index is 12.4. The van der Waals surface area contributed by atoms with Gasteiger partial charge in [-0.3, -0.25) is 4.79 Å². The van der Waals surface area contributed by atoms with E-state index in [0.717, 1.165) is 17.9 Å². The Bertz CT molecular complexity index is 682. The van der Waals surface area contributed by atoms with Gasteiger partial charge in [0.1, 0.15) is 5.75 Å². The summed E-state index contributed by atoms with van der Waals surface area (Å²) < 4.78 is 5.41. The third kappa shape index (κ3) is 3.47. The van der Waals surface area contributed by atoms with Crippen LogP contribution in [0.15, 0.2) is 48.5 Å². The van der Waals surface area contributed by atoms with E-state index >= 15 is 0 Å². The molecule has 1 aliphatic heterocycles. The number of nitrogens with zero attached hydrogens (tertiary/aromatic N) is 1. The Morgan fingerprint density at radius 2 is 1.96 bits per heavy atom. The molecule has 4 heteroatoms. The highest BCUT2D eigenvalue weighted by Gasteiger charge is 2.26. The Hall–Kier alpha value is -2.49. The van der Waals surface area contributed by atoms with Gasteiger partial charge in [-0.15, -0.1) is 0 Å². The monoisotopic (exact) mass is 310 g/mol. The van der Waals surface area contributed by atoms with E-state index in [9.17, 15) is 4.79 Å². The second-order valence-electron chi connectivity index (χ2n) is 5.82. The van der Waals surface area contributed by atoms with Crippen LogP contribution in [0, 0.1) is 0 Å². The zero-order valence-corrected chi connectivity index (χ0v) is 13.6. The minimum Gasteiger partial charge on any atom is -0.494 e. The molecule has 0 spiro atoms.